The summed E-state index contributed by atoms with van der Waals surface area (Å²) in [6.45, 7) is -3.05. The number of halogens is 5. The highest BCUT2D eigenvalue weighted by Gasteiger charge is 2.31. The Labute approximate surface area is 221 Å². The molecular formula is C25H17F5N6O4. The Hall–Kier alpha value is -5.21. The molecule has 3 heterocycles. The molecule has 3 aromatic heterocycles. The minimum absolute atomic E-state index is 0.0621. The van der Waals surface area contributed by atoms with Crippen molar-refractivity contribution in [2.75, 3.05) is 7.11 Å². The van der Waals surface area contributed by atoms with Crippen molar-refractivity contribution in [2.45, 2.75) is 13.0 Å². The lowest BCUT2D eigenvalue weighted by atomic mass is 10.2. The van der Waals surface area contributed by atoms with Gasteiger partial charge in [-0.1, -0.05) is 6.07 Å². The highest BCUT2D eigenvalue weighted by Crippen LogP contribution is 2.29. The first kappa shape index (κ1) is 26.4. The topological polar surface area (TPSA) is 98.2 Å². The predicted octanol–water partition coefficient (Wildman–Crippen LogP) is 4.78. The van der Waals surface area contributed by atoms with Crippen LogP contribution in [0.1, 0.15) is 0 Å². The molecule has 0 saturated heterocycles. The number of benzene rings is 2. The first-order valence-electron chi connectivity index (χ1n) is 11.3. The van der Waals surface area contributed by atoms with E-state index in [4.69, 9.17) is 4.74 Å². The number of nitrogens with zero attached hydrogens (tertiary/aromatic N) is 6. The van der Waals surface area contributed by atoms with Gasteiger partial charge in [0, 0.05) is 30.5 Å². The summed E-state index contributed by atoms with van der Waals surface area (Å²) in [5, 5.41) is 12.6. The van der Waals surface area contributed by atoms with Crippen LogP contribution in [0.15, 0.2) is 84.0 Å². The van der Waals surface area contributed by atoms with E-state index in [9.17, 15) is 26.7 Å². The van der Waals surface area contributed by atoms with E-state index in [1.807, 2.05) is 0 Å². The smallest absolute Gasteiger partial charge is 0.494 e. The summed E-state index contributed by atoms with van der Waals surface area (Å²) in [6.07, 6.45) is -0.837. The monoisotopic (exact) mass is 560 g/mol. The molecule has 0 unspecified atom stereocenters. The van der Waals surface area contributed by atoms with Gasteiger partial charge >= 0.3 is 13.0 Å². The Morgan fingerprint density at radius 3 is 2.40 bits per heavy atom. The van der Waals surface area contributed by atoms with E-state index in [1.54, 1.807) is 12.1 Å². The Kier molecular flexibility index (Phi) is 6.94. The summed E-state index contributed by atoms with van der Waals surface area (Å²) < 4.78 is 81.3. The summed E-state index contributed by atoms with van der Waals surface area (Å²) in [7, 11) is 1.39. The molecule has 0 amide bonds. The number of methoxy groups -OCH3 is 1. The van der Waals surface area contributed by atoms with Gasteiger partial charge in [-0.05, 0) is 30.3 Å². The van der Waals surface area contributed by atoms with Gasteiger partial charge in [0.15, 0.2) is 5.69 Å². The summed E-state index contributed by atoms with van der Waals surface area (Å²) in [5.74, 6) is -0.399. The zero-order chi connectivity index (χ0) is 28.4. The van der Waals surface area contributed by atoms with Crippen molar-refractivity contribution in [2.24, 2.45) is 0 Å². The molecular weight excluding hydrogens is 543 g/mol. The number of alkyl halides is 5. The van der Waals surface area contributed by atoms with Gasteiger partial charge in [0.05, 0.1) is 36.6 Å². The maximum absolute atomic E-state index is 12.8. The maximum atomic E-state index is 12.8. The maximum Gasteiger partial charge on any atom is 0.573 e. The second-order valence-corrected chi connectivity index (χ2v) is 7.96. The molecule has 0 aliphatic heterocycles. The first-order valence-corrected chi connectivity index (χ1v) is 11.3. The summed E-state index contributed by atoms with van der Waals surface area (Å²) in [5.41, 5.74) is 0.574. The van der Waals surface area contributed by atoms with Crippen molar-refractivity contribution >= 4 is 0 Å². The zero-order valence-corrected chi connectivity index (χ0v) is 20.3. The Balaban J connectivity index is 1.53. The molecule has 0 fully saturated rings. The van der Waals surface area contributed by atoms with E-state index in [0.29, 0.717) is 11.4 Å². The van der Waals surface area contributed by atoms with Gasteiger partial charge in [-0.25, -0.2) is 14.0 Å². The van der Waals surface area contributed by atoms with E-state index in [2.05, 4.69) is 24.8 Å². The van der Waals surface area contributed by atoms with Gasteiger partial charge < -0.3 is 14.2 Å². The van der Waals surface area contributed by atoms with Crippen LogP contribution in [0.25, 0.3) is 28.5 Å². The number of rotatable bonds is 8. The summed E-state index contributed by atoms with van der Waals surface area (Å²) >= 11 is 0. The van der Waals surface area contributed by atoms with Gasteiger partial charge in [0.2, 0.25) is 11.3 Å². The van der Waals surface area contributed by atoms with E-state index in [1.165, 1.54) is 71.5 Å². The van der Waals surface area contributed by atoms with Crippen LogP contribution in [0.5, 0.6) is 17.4 Å². The number of hydrogen-bond donors (Lipinski definition) is 0. The highest BCUT2D eigenvalue weighted by atomic mass is 19.4. The molecule has 0 spiro atoms. The zero-order valence-electron chi connectivity index (χ0n) is 20.3. The van der Waals surface area contributed by atoms with Crippen LogP contribution < -0.4 is 19.6 Å². The highest BCUT2D eigenvalue weighted by molar-refractivity contribution is 5.59. The molecule has 10 nitrogen and oxygen atoms in total. The van der Waals surface area contributed by atoms with Crippen LogP contribution in [-0.4, -0.2) is 49.4 Å². The second-order valence-electron chi connectivity index (χ2n) is 7.96. The van der Waals surface area contributed by atoms with Crippen molar-refractivity contribution < 1.29 is 36.2 Å². The lowest BCUT2D eigenvalue weighted by molar-refractivity contribution is -0.274. The Morgan fingerprint density at radius 1 is 0.900 bits per heavy atom. The average molecular weight is 560 g/mol. The SMILES string of the molecule is COc1cc(-n2nccc2OC(F)F)ccc1-n1ccc(=O)c(-c2ccnn2-c2cccc(OC(F)(F)F)c2)n1. The van der Waals surface area contributed by atoms with E-state index in [-0.39, 0.29) is 28.7 Å². The fourth-order valence-electron chi connectivity index (χ4n) is 3.87. The molecule has 15 heteroatoms. The predicted molar refractivity (Wildman–Crippen MR) is 129 cm³/mol. The third-order valence-electron chi connectivity index (χ3n) is 5.46. The quantitative estimate of drug-likeness (QED) is 0.252. The second kappa shape index (κ2) is 10.5. The van der Waals surface area contributed by atoms with Crippen molar-refractivity contribution in [3.63, 3.8) is 0 Å². The molecule has 206 valence electrons. The summed E-state index contributed by atoms with van der Waals surface area (Å²) in [6, 6.07) is 13.7. The molecule has 0 saturated carbocycles. The van der Waals surface area contributed by atoms with Crippen molar-refractivity contribution in [1.29, 1.82) is 0 Å². The number of hydrogen-bond acceptors (Lipinski definition) is 7. The van der Waals surface area contributed by atoms with Crippen LogP contribution in [-0.2, 0) is 0 Å². The Morgan fingerprint density at radius 2 is 1.65 bits per heavy atom. The Bertz CT molecular complexity index is 1710. The van der Waals surface area contributed by atoms with Crippen LogP contribution >= 0.6 is 0 Å². The van der Waals surface area contributed by atoms with E-state index in [0.717, 1.165) is 16.8 Å². The number of ether oxygens (including phenoxy) is 3. The standard InChI is InChI=1S/C25H17F5N6O4/c1-38-21-14-16(36-22(8-11-32-36)39-24(26)27)5-6-18(21)34-12-9-20(37)23(33-34)19-7-10-31-35(19)15-3-2-4-17(13-15)40-25(28,29)30/h2-14,24H,1H3. The lowest BCUT2D eigenvalue weighted by Gasteiger charge is -2.15. The van der Waals surface area contributed by atoms with Crippen LogP contribution in [0.4, 0.5) is 22.0 Å². The minimum atomic E-state index is -4.89. The van der Waals surface area contributed by atoms with Gasteiger partial charge in [-0.2, -0.15) is 24.1 Å². The molecule has 40 heavy (non-hydrogen) atoms. The lowest BCUT2D eigenvalue weighted by Crippen LogP contribution is -2.17. The van der Waals surface area contributed by atoms with Crippen LogP contribution in [0.3, 0.4) is 0 Å². The average Bonchev–Trinajstić information content (AvgIpc) is 3.57. The molecule has 0 aliphatic carbocycles. The van der Waals surface area contributed by atoms with Crippen molar-refractivity contribution in [3.8, 4) is 45.8 Å². The fourth-order valence-corrected chi connectivity index (χ4v) is 3.87. The first-order chi connectivity index (χ1) is 19.1. The van der Waals surface area contributed by atoms with E-state index < -0.39 is 24.2 Å². The minimum Gasteiger partial charge on any atom is -0.494 e. The molecule has 0 aliphatic rings. The molecule has 5 rings (SSSR count). The fraction of sp³-hybridized carbons (Fsp3) is 0.120. The van der Waals surface area contributed by atoms with Crippen LogP contribution in [0, 0.1) is 0 Å². The van der Waals surface area contributed by atoms with Crippen LogP contribution in [0.2, 0.25) is 0 Å². The molecule has 0 N–H and O–H groups in total. The third kappa shape index (κ3) is 5.48. The van der Waals surface area contributed by atoms with Gasteiger partial charge in [-0.3, -0.25) is 4.79 Å². The van der Waals surface area contributed by atoms with E-state index >= 15 is 0 Å². The number of aromatic nitrogens is 6. The third-order valence-corrected chi connectivity index (χ3v) is 5.46. The molecule has 0 radical (unpaired) electrons. The van der Waals surface area contributed by atoms with Gasteiger partial charge in [-0.15, -0.1) is 13.2 Å². The molecule has 2 aromatic carbocycles. The molecule has 0 atom stereocenters. The van der Waals surface area contributed by atoms with Gasteiger partial charge in [0.25, 0.3) is 0 Å². The molecule has 5 aromatic rings. The largest absolute Gasteiger partial charge is 0.573 e. The van der Waals surface area contributed by atoms with Crippen molar-refractivity contribution in [1.82, 2.24) is 29.3 Å². The normalized spacial score (nSPS) is 11.6. The summed E-state index contributed by atoms with van der Waals surface area (Å²) in [4.78, 5) is 12.8. The van der Waals surface area contributed by atoms with Gasteiger partial charge in [0.1, 0.15) is 17.2 Å². The molecule has 0 bridgehead atoms. The van der Waals surface area contributed by atoms with Crippen molar-refractivity contribution in [3.05, 3.63) is 89.5 Å².